The lowest BCUT2D eigenvalue weighted by molar-refractivity contribution is 0.602. The number of hydrogen-bond donors (Lipinski definition) is 2. The monoisotopic (exact) mass is 325 g/mol. The largest absolute Gasteiger partial charge is 0.396 e. The van der Waals surface area contributed by atoms with Crippen molar-refractivity contribution < 1.29 is 8.42 Å². The molecule has 0 bridgehead atoms. The van der Waals surface area contributed by atoms with Crippen LogP contribution in [0, 0.1) is 13.8 Å². The molecule has 1 aromatic heterocycles. The number of sulfone groups is 1. The normalized spacial score (nSPS) is 13.1. The second kappa shape index (κ2) is 5.65. The van der Waals surface area contributed by atoms with Gasteiger partial charge in [0.2, 0.25) is 0 Å². The van der Waals surface area contributed by atoms with Crippen LogP contribution < -0.4 is 11.1 Å². The molecule has 0 saturated heterocycles. The number of aromatic nitrogens is 1. The van der Waals surface area contributed by atoms with E-state index in [1.165, 1.54) is 6.07 Å². The van der Waals surface area contributed by atoms with Gasteiger partial charge in [0, 0.05) is 11.1 Å². The molecule has 1 atom stereocenters. The van der Waals surface area contributed by atoms with Crippen LogP contribution in [0.25, 0.3) is 0 Å². The van der Waals surface area contributed by atoms with Crippen LogP contribution in [0.4, 0.5) is 11.4 Å². The van der Waals surface area contributed by atoms with Crippen molar-refractivity contribution in [2.45, 2.75) is 31.7 Å². The Kier molecular flexibility index (Phi) is 4.25. The molecular formula is C14H19N3O2S2. The Labute approximate surface area is 129 Å². The van der Waals surface area contributed by atoms with Gasteiger partial charge in [-0.05, 0) is 32.9 Å². The van der Waals surface area contributed by atoms with Crippen LogP contribution in [-0.2, 0) is 9.84 Å². The van der Waals surface area contributed by atoms with Crippen LogP contribution in [0.5, 0.6) is 0 Å². The molecule has 5 nitrogen and oxygen atoms in total. The number of nitrogens with two attached hydrogens (primary N) is 1. The molecule has 2 rings (SSSR count). The first-order valence-corrected chi connectivity index (χ1v) is 9.20. The van der Waals surface area contributed by atoms with E-state index in [-0.39, 0.29) is 16.6 Å². The summed E-state index contributed by atoms with van der Waals surface area (Å²) in [6, 6.07) is 4.99. The summed E-state index contributed by atoms with van der Waals surface area (Å²) >= 11 is 1.62. The maximum Gasteiger partial charge on any atom is 0.177 e. The summed E-state index contributed by atoms with van der Waals surface area (Å²) in [6.07, 6.45) is 1.16. The number of anilines is 2. The van der Waals surface area contributed by atoms with Gasteiger partial charge in [-0.15, -0.1) is 11.3 Å². The molecular weight excluding hydrogens is 306 g/mol. The molecule has 1 heterocycles. The summed E-state index contributed by atoms with van der Waals surface area (Å²) in [7, 11) is -3.34. The van der Waals surface area contributed by atoms with Crippen molar-refractivity contribution in [3.63, 3.8) is 0 Å². The standard InChI is InChI=1S/C14H19N3O2S2/c1-8-14(20-10(3)16-8)9(2)17-11-6-5-7-12(13(11)15)21(4,18)19/h5-7,9,17H,15H2,1-4H3. The van der Waals surface area contributed by atoms with E-state index in [2.05, 4.69) is 10.3 Å². The molecule has 1 unspecified atom stereocenters. The lowest BCUT2D eigenvalue weighted by atomic mass is 10.2. The smallest absolute Gasteiger partial charge is 0.177 e. The maximum absolute atomic E-state index is 11.7. The summed E-state index contributed by atoms with van der Waals surface area (Å²) in [5.74, 6) is 0. The van der Waals surface area contributed by atoms with Gasteiger partial charge in [-0.3, -0.25) is 0 Å². The summed E-state index contributed by atoms with van der Waals surface area (Å²) in [5.41, 5.74) is 7.84. The van der Waals surface area contributed by atoms with Gasteiger partial charge in [0.15, 0.2) is 9.84 Å². The molecule has 7 heteroatoms. The van der Waals surface area contributed by atoms with Gasteiger partial charge < -0.3 is 11.1 Å². The van der Waals surface area contributed by atoms with E-state index in [1.54, 1.807) is 23.5 Å². The van der Waals surface area contributed by atoms with Crippen LogP contribution in [0.2, 0.25) is 0 Å². The van der Waals surface area contributed by atoms with Gasteiger partial charge in [-0.2, -0.15) is 0 Å². The molecule has 0 saturated carbocycles. The van der Waals surface area contributed by atoms with Crippen LogP contribution in [-0.4, -0.2) is 19.7 Å². The van der Waals surface area contributed by atoms with E-state index in [9.17, 15) is 8.42 Å². The summed E-state index contributed by atoms with van der Waals surface area (Å²) in [4.78, 5) is 5.68. The number of aryl methyl sites for hydroxylation is 2. The van der Waals surface area contributed by atoms with Crippen molar-refractivity contribution in [2.24, 2.45) is 0 Å². The third-order valence-electron chi connectivity index (χ3n) is 3.17. The Hall–Kier alpha value is -1.60. The minimum atomic E-state index is -3.34. The summed E-state index contributed by atoms with van der Waals surface area (Å²) in [5, 5.41) is 4.28. The molecule has 0 aliphatic rings. The number of nitrogen functional groups attached to an aromatic ring is 1. The van der Waals surface area contributed by atoms with Crippen LogP contribution in [0.15, 0.2) is 23.1 Å². The van der Waals surface area contributed by atoms with Crippen molar-refractivity contribution in [1.82, 2.24) is 4.98 Å². The highest BCUT2D eigenvalue weighted by Gasteiger charge is 2.17. The fourth-order valence-electron chi connectivity index (χ4n) is 2.24. The third kappa shape index (κ3) is 3.36. The topological polar surface area (TPSA) is 85.1 Å². The first kappa shape index (κ1) is 15.8. The van der Waals surface area contributed by atoms with Crippen molar-refractivity contribution in [3.8, 4) is 0 Å². The van der Waals surface area contributed by atoms with Gasteiger partial charge in [0.25, 0.3) is 0 Å². The number of rotatable bonds is 4. The summed E-state index contributed by atoms with van der Waals surface area (Å²) in [6.45, 7) is 5.94. The van der Waals surface area contributed by atoms with Crippen LogP contribution in [0.3, 0.4) is 0 Å². The zero-order valence-corrected chi connectivity index (χ0v) is 14.1. The Bertz CT molecular complexity index is 767. The number of benzene rings is 1. The zero-order chi connectivity index (χ0) is 15.8. The number of hydrogen-bond acceptors (Lipinski definition) is 6. The molecule has 0 amide bonds. The lowest BCUT2D eigenvalue weighted by Crippen LogP contribution is -2.10. The highest BCUT2D eigenvalue weighted by atomic mass is 32.2. The van der Waals surface area contributed by atoms with Crippen molar-refractivity contribution >= 4 is 32.5 Å². The second-order valence-corrected chi connectivity index (χ2v) is 8.26. The quantitative estimate of drug-likeness (QED) is 0.844. The molecule has 0 aliphatic heterocycles. The predicted octanol–water partition coefficient (Wildman–Crippen LogP) is 2.92. The molecule has 1 aromatic carbocycles. The third-order valence-corrected chi connectivity index (χ3v) is 5.58. The number of nitrogens with one attached hydrogen (secondary N) is 1. The molecule has 21 heavy (non-hydrogen) atoms. The first-order valence-electron chi connectivity index (χ1n) is 6.49. The minimum Gasteiger partial charge on any atom is -0.396 e. The number of thiazole rings is 1. The summed E-state index contributed by atoms with van der Waals surface area (Å²) < 4.78 is 23.4. The van der Waals surface area contributed by atoms with Gasteiger partial charge in [0.1, 0.15) is 0 Å². The van der Waals surface area contributed by atoms with E-state index in [1.807, 2.05) is 20.8 Å². The molecule has 0 fully saturated rings. The van der Waals surface area contributed by atoms with Gasteiger partial charge in [-0.25, -0.2) is 13.4 Å². The molecule has 2 aromatic rings. The van der Waals surface area contributed by atoms with Gasteiger partial charge in [-0.1, -0.05) is 6.07 Å². The highest BCUT2D eigenvalue weighted by molar-refractivity contribution is 7.90. The van der Waals surface area contributed by atoms with E-state index in [4.69, 9.17) is 5.73 Å². The second-order valence-electron chi connectivity index (χ2n) is 5.04. The average molecular weight is 325 g/mol. The Morgan fingerprint density at radius 1 is 1.33 bits per heavy atom. The van der Waals surface area contributed by atoms with E-state index >= 15 is 0 Å². The van der Waals surface area contributed by atoms with Crippen LogP contribution in [0.1, 0.15) is 28.5 Å². The minimum absolute atomic E-state index is 0.00769. The lowest BCUT2D eigenvalue weighted by Gasteiger charge is -2.17. The van der Waals surface area contributed by atoms with Crippen molar-refractivity contribution in [1.29, 1.82) is 0 Å². The molecule has 114 valence electrons. The molecule has 0 radical (unpaired) electrons. The van der Waals surface area contributed by atoms with Crippen molar-refractivity contribution in [2.75, 3.05) is 17.3 Å². The van der Waals surface area contributed by atoms with Crippen molar-refractivity contribution in [3.05, 3.63) is 33.8 Å². The molecule has 3 N–H and O–H groups in total. The van der Waals surface area contributed by atoms with Gasteiger partial charge in [0.05, 0.1) is 33.0 Å². The fraction of sp³-hybridized carbons (Fsp3) is 0.357. The number of nitrogens with zero attached hydrogens (tertiary/aromatic N) is 1. The fourth-order valence-corrected chi connectivity index (χ4v) is 4.01. The predicted molar refractivity (Wildman–Crippen MR) is 87.6 cm³/mol. The molecule has 0 aliphatic carbocycles. The average Bonchev–Trinajstić information content (AvgIpc) is 2.69. The van der Waals surface area contributed by atoms with E-state index < -0.39 is 9.84 Å². The SMILES string of the molecule is Cc1nc(C)c(C(C)Nc2cccc(S(C)(=O)=O)c2N)s1. The molecule has 0 spiro atoms. The number of para-hydroxylation sites is 1. The van der Waals surface area contributed by atoms with Gasteiger partial charge >= 0.3 is 0 Å². The zero-order valence-electron chi connectivity index (χ0n) is 12.5. The van der Waals surface area contributed by atoms with Crippen LogP contribution >= 0.6 is 11.3 Å². The Balaban J connectivity index is 2.34. The van der Waals surface area contributed by atoms with E-state index in [0.717, 1.165) is 21.8 Å². The Morgan fingerprint density at radius 3 is 2.52 bits per heavy atom. The maximum atomic E-state index is 11.7. The first-order chi connectivity index (χ1) is 9.70. The Morgan fingerprint density at radius 2 is 2.00 bits per heavy atom. The highest BCUT2D eigenvalue weighted by Crippen LogP contribution is 2.32. The van der Waals surface area contributed by atoms with E-state index in [0.29, 0.717) is 5.69 Å².